The van der Waals surface area contributed by atoms with E-state index in [4.69, 9.17) is 16.3 Å². The van der Waals surface area contributed by atoms with Crippen molar-refractivity contribution >= 4 is 11.6 Å². The number of unbranched alkanes of at least 4 members (excludes halogenated alkanes) is 7. The minimum atomic E-state index is 0.414. The van der Waals surface area contributed by atoms with Crippen LogP contribution < -0.4 is 0 Å². The zero-order valence-electron chi connectivity index (χ0n) is 10.1. The van der Waals surface area contributed by atoms with Crippen LogP contribution in [0.2, 0.25) is 0 Å². The van der Waals surface area contributed by atoms with Crippen molar-refractivity contribution < 1.29 is 4.74 Å². The molecular weight excluding hydrogens is 208 g/mol. The molecule has 0 aromatic rings. The summed E-state index contributed by atoms with van der Waals surface area (Å²) >= 11 is 5.54. The highest BCUT2D eigenvalue weighted by atomic mass is 35.5. The van der Waals surface area contributed by atoms with Gasteiger partial charge in [-0.3, -0.25) is 0 Å². The molecule has 0 aliphatic rings. The molecule has 0 fully saturated rings. The third kappa shape index (κ3) is 11.8. The predicted octanol–water partition coefficient (Wildman–Crippen LogP) is 4.90. The van der Waals surface area contributed by atoms with E-state index in [0.717, 1.165) is 13.0 Å². The van der Waals surface area contributed by atoms with Gasteiger partial charge in [0.25, 0.3) is 0 Å². The molecule has 0 bridgehead atoms. The van der Waals surface area contributed by atoms with E-state index in [-0.39, 0.29) is 0 Å². The summed E-state index contributed by atoms with van der Waals surface area (Å²) in [7, 11) is 0. The van der Waals surface area contributed by atoms with Crippen LogP contribution >= 0.6 is 11.6 Å². The van der Waals surface area contributed by atoms with Gasteiger partial charge in [-0.1, -0.05) is 58.4 Å². The van der Waals surface area contributed by atoms with Crippen LogP contribution in [-0.2, 0) is 4.74 Å². The van der Waals surface area contributed by atoms with Crippen molar-refractivity contribution in [3.63, 3.8) is 0 Å². The van der Waals surface area contributed by atoms with Gasteiger partial charge in [0, 0.05) is 0 Å². The fourth-order valence-electron chi connectivity index (χ4n) is 1.49. The zero-order chi connectivity index (χ0) is 11.4. The van der Waals surface area contributed by atoms with Gasteiger partial charge in [-0.25, -0.2) is 0 Å². The van der Waals surface area contributed by atoms with E-state index in [9.17, 15) is 0 Å². The lowest BCUT2D eigenvalue weighted by Crippen LogP contribution is -1.95. The van der Waals surface area contributed by atoms with Gasteiger partial charge in [-0.05, 0) is 6.42 Å². The molecule has 0 saturated heterocycles. The van der Waals surface area contributed by atoms with Gasteiger partial charge in [-0.15, -0.1) is 11.6 Å². The van der Waals surface area contributed by atoms with Crippen LogP contribution in [0.5, 0.6) is 0 Å². The number of halogens is 1. The third-order valence-electron chi connectivity index (χ3n) is 2.45. The predicted molar refractivity (Wildman–Crippen MR) is 68.4 cm³/mol. The molecule has 0 atom stereocenters. The molecule has 0 heterocycles. The average molecular weight is 233 g/mol. The molecule has 0 aromatic heterocycles. The van der Waals surface area contributed by atoms with Crippen LogP contribution in [0.15, 0.2) is 12.3 Å². The Kier molecular flexibility index (Phi) is 11.8. The number of rotatable bonds is 11. The van der Waals surface area contributed by atoms with Crippen molar-refractivity contribution in [3.05, 3.63) is 12.3 Å². The van der Waals surface area contributed by atoms with E-state index in [1.165, 1.54) is 44.9 Å². The van der Waals surface area contributed by atoms with E-state index in [0.29, 0.717) is 11.6 Å². The quantitative estimate of drug-likeness (QED) is 0.280. The molecule has 0 rings (SSSR count). The molecule has 2 heteroatoms. The topological polar surface area (TPSA) is 9.23 Å². The largest absolute Gasteiger partial charge is 0.497 e. The number of allylic oxidation sites excluding steroid dienone is 1. The van der Waals surface area contributed by atoms with Crippen LogP contribution in [0.25, 0.3) is 0 Å². The van der Waals surface area contributed by atoms with Gasteiger partial charge < -0.3 is 4.74 Å². The fourth-order valence-corrected chi connectivity index (χ4v) is 1.57. The zero-order valence-corrected chi connectivity index (χ0v) is 10.8. The number of hydrogen-bond donors (Lipinski definition) is 0. The van der Waals surface area contributed by atoms with Crippen molar-refractivity contribution in [3.8, 4) is 0 Å². The molecule has 0 aliphatic heterocycles. The summed E-state index contributed by atoms with van der Waals surface area (Å²) in [6, 6.07) is 0. The van der Waals surface area contributed by atoms with Gasteiger partial charge in [0.05, 0.1) is 12.5 Å². The Labute approximate surface area is 99.8 Å². The number of alkyl halides is 1. The first kappa shape index (κ1) is 14.8. The first-order valence-corrected chi connectivity index (χ1v) is 6.71. The van der Waals surface area contributed by atoms with Crippen molar-refractivity contribution in [1.29, 1.82) is 0 Å². The molecule has 15 heavy (non-hydrogen) atoms. The fraction of sp³-hybridized carbons (Fsp3) is 0.846. The first-order chi connectivity index (χ1) is 7.31. The lowest BCUT2D eigenvalue weighted by atomic mass is 10.1. The van der Waals surface area contributed by atoms with Crippen LogP contribution in [0.4, 0.5) is 0 Å². The van der Waals surface area contributed by atoms with Crippen molar-refractivity contribution in [2.24, 2.45) is 0 Å². The highest BCUT2D eigenvalue weighted by Crippen LogP contribution is 2.08. The van der Waals surface area contributed by atoms with Gasteiger partial charge in [0.2, 0.25) is 0 Å². The van der Waals surface area contributed by atoms with Crippen LogP contribution in [0.1, 0.15) is 58.3 Å². The molecule has 0 N–H and O–H groups in total. The summed E-state index contributed by atoms with van der Waals surface area (Å²) in [5.74, 6) is 1.11. The monoisotopic (exact) mass is 232 g/mol. The summed E-state index contributed by atoms with van der Waals surface area (Å²) in [5, 5.41) is 0. The Morgan fingerprint density at radius 3 is 2.07 bits per heavy atom. The van der Waals surface area contributed by atoms with Gasteiger partial charge in [-0.2, -0.15) is 0 Å². The Bertz CT molecular complexity index is 145. The lowest BCUT2D eigenvalue weighted by molar-refractivity contribution is 0.209. The number of ether oxygens (including phenoxy) is 1. The second-order valence-electron chi connectivity index (χ2n) is 4.00. The van der Waals surface area contributed by atoms with E-state index < -0.39 is 0 Å². The highest BCUT2D eigenvalue weighted by Gasteiger charge is 1.93. The van der Waals surface area contributed by atoms with Crippen molar-refractivity contribution in [1.82, 2.24) is 0 Å². The number of hydrogen-bond acceptors (Lipinski definition) is 1. The smallest absolute Gasteiger partial charge is 0.104 e. The molecular formula is C13H25ClO. The third-order valence-corrected chi connectivity index (χ3v) is 2.75. The van der Waals surface area contributed by atoms with Gasteiger partial charge in [0.1, 0.15) is 5.76 Å². The SMILES string of the molecule is C=C(CCl)OCCCCCCCCCC. The second kappa shape index (κ2) is 11.9. The Morgan fingerprint density at radius 1 is 1.00 bits per heavy atom. The molecule has 0 aliphatic carbocycles. The van der Waals surface area contributed by atoms with Crippen molar-refractivity contribution in [2.45, 2.75) is 58.3 Å². The molecule has 0 unspecified atom stereocenters. The minimum absolute atomic E-state index is 0.414. The summed E-state index contributed by atoms with van der Waals surface area (Å²) in [4.78, 5) is 0. The molecule has 1 nitrogen and oxygen atoms in total. The van der Waals surface area contributed by atoms with Crippen LogP contribution in [0.3, 0.4) is 0 Å². The van der Waals surface area contributed by atoms with Crippen LogP contribution in [-0.4, -0.2) is 12.5 Å². The molecule has 0 spiro atoms. The Morgan fingerprint density at radius 2 is 1.53 bits per heavy atom. The Balaban J connectivity index is 2.95. The molecule has 0 saturated carbocycles. The van der Waals surface area contributed by atoms with Crippen LogP contribution in [0, 0.1) is 0 Å². The van der Waals surface area contributed by atoms with E-state index in [1.54, 1.807) is 0 Å². The summed E-state index contributed by atoms with van der Waals surface area (Å²) < 4.78 is 5.31. The maximum absolute atomic E-state index is 5.54. The van der Waals surface area contributed by atoms with E-state index >= 15 is 0 Å². The summed E-state index contributed by atoms with van der Waals surface area (Å²) in [5.41, 5.74) is 0. The summed E-state index contributed by atoms with van der Waals surface area (Å²) in [6.45, 7) is 6.72. The normalized spacial score (nSPS) is 10.3. The first-order valence-electron chi connectivity index (χ1n) is 6.17. The molecule has 0 radical (unpaired) electrons. The van der Waals surface area contributed by atoms with E-state index in [1.807, 2.05) is 0 Å². The second-order valence-corrected chi connectivity index (χ2v) is 4.26. The minimum Gasteiger partial charge on any atom is -0.497 e. The Hall–Kier alpha value is -0.170. The lowest BCUT2D eigenvalue weighted by Gasteiger charge is -2.05. The highest BCUT2D eigenvalue weighted by molar-refractivity contribution is 6.19. The maximum Gasteiger partial charge on any atom is 0.104 e. The standard InChI is InChI=1S/C13H25ClO/c1-3-4-5-6-7-8-9-10-11-15-13(2)12-14/h2-12H2,1H3. The van der Waals surface area contributed by atoms with Gasteiger partial charge >= 0.3 is 0 Å². The molecule has 0 amide bonds. The van der Waals surface area contributed by atoms with Crippen molar-refractivity contribution in [2.75, 3.05) is 12.5 Å². The van der Waals surface area contributed by atoms with E-state index in [2.05, 4.69) is 13.5 Å². The molecule has 0 aromatic carbocycles. The maximum atomic E-state index is 5.54. The molecule has 90 valence electrons. The van der Waals surface area contributed by atoms with Gasteiger partial charge in [0.15, 0.2) is 0 Å². The average Bonchev–Trinajstić information content (AvgIpc) is 2.26. The summed E-state index contributed by atoms with van der Waals surface area (Å²) in [6.07, 6.45) is 10.6.